The first-order valence-corrected chi connectivity index (χ1v) is 12.1. The molecule has 2 aromatic carbocycles. The molecule has 2 aromatic heterocycles. The highest BCUT2D eigenvalue weighted by molar-refractivity contribution is 7.89. The smallest absolute Gasteiger partial charge is 0.244 e. The van der Waals surface area contributed by atoms with Gasteiger partial charge in [0, 0.05) is 42.3 Å². The van der Waals surface area contributed by atoms with E-state index in [1.54, 1.807) is 35.3 Å². The second kappa shape index (κ2) is 10.2. The Hall–Kier alpha value is -4.08. The summed E-state index contributed by atoms with van der Waals surface area (Å²) in [5.41, 5.74) is 4.14. The van der Waals surface area contributed by atoms with Gasteiger partial charge in [-0.25, -0.2) is 18.2 Å². The molecule has 0 aliphatic carbocycles. The quantitative estimate of drug-likeness (QED) is 0.381. The summed E-state index contributed by atoms with van der Waals surface area (Å²) in [5.74, 6) is -0.245. The third kappa shape index (κ3) is 5.83. The second-order valence-corrected chi connectivity index (χ2v) is 9.08. The molecular weight excluding hydrogens is 450 g/mol. The van der Waals surface area contributed by atoms with Crippen molar-refractivity contribution < 1.29 is 13.2 Å². The van der Waals surface area contributed by atoms with Gasteiger partial charge < -0.3 is 5.32 Å². The van der Waals surface area contributed by atoms with Crippen molar-refractivity contribution >= 4 is 22.0 Å². The lowest BCUT2D eigenvalue weighted by molar-refractivity contribution is -0.116. The predicted molar refractivity (Wildman–Crippen MR) is 130 cm³/mol. The molecule has 8 nitrogen and oxygen atoms in total. The van der Waals surface area contributed by atoms with Gasteiger partial charge in [-0.1, -0.05) is 30.3 Å². The maximum absolute atomic E-state index is 12.4. The highest BCUT2D eigenvalue weighted by Gasteiger charge is 2.11. The number of hydrogen-bond donors (Lipinski definition) is 2. The summed E-state index contributed by atoms with van der Waals surface area (Å²) >= 11 is 0. The molecule has 0 saturated carbocycles. The summed E-state index contributed by atoms with van der Waals surface area (Å²) in [6.07, 6.45) is 9.05. The van der Waals surface area contributed by atoms with Crippen LogP contribution in [-0.4, -0.2) is 35.6 Å². The summed E-state index contributed by atoms with van der Waals surface area (Å²) in [7, 11) is -3.72. The Labute approximate surface area is 197 Å². The van der Waals surface area contributed by atoms with Crippen molar-refractivity contribution in [1.82, 2.24) is 20.1 Å². The van der Waals surface area contributed by atoms with Gasteiger partial charge in [0.2, 0.25) is 15.9 Å². The zero-order chi connectivity index (χ0) is 24.0. The molecule has 4 aromatic rings. The van der Waals surface area contributed by atoms with Crippen molar-refractivity contribution in [2.45, 2.75) is 11.3 Å². The predicted octanol–water partition coefficient (Wildman–Crippen LogP) is 2.95. The van der Waals surface area contributed by atoms with Crippen molar-refractivity contribution in [3.8, 4) is 16.9 Å². The summed E-state index contributed by atoms with van der Waals surface area (Å²) in [4.78, 5) is 16.6. The van der Waals surface area contributed by atoms with Crippen LogP contribution in [0, 0.1) is 0 Å². The minimum Gasteiger partial charge on any atom is -0.352 e. The Balaban J connectivity index is 1.44. The molecule has 172 valence electrons. The van der Waals surface area contributed by atoms with Gasteiger partial charge in [0.05, 0.1) is 10.6 Å². The standard InChI is InChI=1S/C25H23N5O3S/c26-34(32,33)23-11-8-19(9-12-23)14-16-28-24(31)13-10-21-18-30(22-6-2-1-3-7-22)29-25(21)20-5-4-15-27-17-20/h1-13,15,17-18H,14,16H2,(H,28,31)(H2,26,32,33)/b13-10+. The van der Waals surface area contributed by atoms with Crippen LogP contribution in [0.2, 0.25) is 0 Å². The van der Waals surface area contributed by atoms with E-state index >= 15 is 0 Å². The van der Waals surface area contributed by atoms with E-state index in [2.05, 4.69) is 10.3 Å². The number of nitrogens with two attached hydrogens (primary N) is 1. The fraction of sp³-hybridized carbons (Fsp3) is 0.0800. The van der Waals surface area contributed by atoms with Gasteiger partial charge in [0.15, 0.2) is 0 Å². The molecule has 0 atom stereocenters. The second-order valence-electron chi connectivity index (χ2n) is 7.52. The van der Waals surface area contributed by atoms with Crippen LogP contribution in [0.4, 0.5) is 0 Å². The maximum Gasteiger partial charge on any atom is 0.244 e. The molecule has 1 amide bonds. The van der Waals surface area contributed by atoms with Gasteiger partial charge >= 0.3 is 0 Å². The van der Waals surface area contributed by atoms with Gasteiger partial charge in [-0.2, -0.15) is 5.10 Å². The molecule has 4 rings (SSSR count). The van der Waals surface area contributed by atoms with E-state index < -0.39 is 10.0 Å². The lowest BCUT2D eigenvalue weighted by Crippen LogP contribution is -2.23. The number of hydrogen-bond acceptors (Lipinski definition) is 5. The van der Waals surface area contributed by atoms with Gasteiger partial charge in [-0.05, 0) is 54.5 Å². The Kier molecular flexibility index (Phi) is 6.95. The van der Waals surface area contributed by atoms with Gasteiger partial charge in [-0.3, -0.25) is 9.78 Å². The number of rotatable bonds is 8. The number of nitrogens with zero attached hydrogens (tertiary/aromatic N) is 3. The third-order valence-corrected chi connectivity index (χ3v) is 6.01. The van der Waals surface area contributed by atoms with Crippen molar-refractivity contribution in [2.75, 3.05) is 6.54 Å². The molecule has 0 saturated heterocycles. The first-order chi connectivity index (χ1) is 16.4. The number of carbonyl (C=O) groups is 1. The van der Waals surface area contributed by atoms with E-state index in [4.69, 9.17) is 10.2 Å². The van der Waals surface area contributed by atoms with E-state index in [1.165, 1.54) is 18.2 Å². The number of para-hydroxylation sites is 1. The maximum atomic E-state index is 12.4. The Bertz CT molecular complexity index is 1400. The molecule has 2 heterocycles. The molecule has 9 heteroatoms. The van der Waals surface area contributed by atoms with E-state index in [-0.39, 0.29) is 10.8 Å². The number of benzene rings is 2. The van der Waals surface area contributed by atoms with Gasteiger partial charge in [-0.15, -0.1) is 0 Å². The van der Waals surface area contributed by atoms with Crippen molar-refractivity contribution in [1.29, 1.82) is 0 Å². The Morgan fingerprint density at radius 3 is 2.47 bits per heavy atom. The molecule has 0 unspecified atom stereocenters. The zero-order valence-corrected chi connectivity index (χ0v) is 19.0. The minimum atomic E-state index is -3.72. The van der Waals surface area contributed by atoms with Gasteiger partial charge in [0.1, 0.15) is 5.69 Å². The van der Waals surface area contributed by atoms with Crippen LogP contribution in [0.25, 0.3) is 23.0 Å². The number of pyridine rings is 1. The topological polar surface area (TPSA) is 120 Å². The number of nitrogens with one attached hydrogen (secondary N) is 1. The number of sulfonamides is 1. The highest BCUT2D eigenvalue weighted by Crippen LogP contribution is 2.24. The number of carbonyl (C=O) groups excluding carboxylic acids is 1. The average molecular weight is 474 g/mol. The monoisotopic (exact) mass is 473 g/mol. The molecule has 3 N–H and O–H groups in total. The molecule has 34 heavy (non-hydrogen) atoms. The summed E-state index contributed by atoms with van der Waals surface area (Å²) in [6.45, 7) is 0.399. The molecule has 0 bridgehead atoms. The van der Waals surface area contributed by atoms with Crippen LogP contribution in [0.5, 0.6) is 0 Å². The van der Waals surface area contributed by atoms with Gasteiger partial charge in [0.25, 0.3) is 0 Å². The molecular formula is C25H23N5O3S. The summed E-state index contributed by atoms with van der Waals surface area (Å²) in [5, 5.41) is 12.6. The number of primary sulfonamides is 1. The number of aromatic nitrogens is 3. The van der Waals surface area contributed by atoms with Crippen LogP contribution in [0.1, 0.15) is 11.1 Å². The first kappa shape index (κ1) is 23.1. The fourth-order valence-electron chi connectivity index (χ4n) is 3.35. The average Bonchev–Trinajstić information content (AvgIpc) is 3.28. The summed E-state index contributed by atoms with van der Waals surface area (Å²) in [6, 6.07) is 19.8. The zero-order valence-electron chi connectivity index (χ0n) is 18.2. The fourth-order valence-corrected chi connectivity index (χ4v) is 3.87. The third-order valence-electron chi connectivity index (χ3n) is 5.08. The normalized spacial score (nSPS) is 11.6. The molecule has 0 fully saturated rings. The van der Waals surface area contributed by atoms with Crippen molar-refractivity contribution in [3.63, 3.8) is 0 Å². The lowest BCUT2D eigenvalue weighted by Gasteiger charge is -2.04. The van der Waals surface area contributed by atoms with Crippen molar-refractivity contribution in [2.24, 2.45) is 5.14 Å². The van der Waals surface area contributed by atoms with E-state index in [1.807, 2.05) is 48.7 Å². The van der Waals surface area contributed by atoms with Crippen LogP contribution < -0.4 is 10.5 Å². The molecule has 0 radical (unpaired) electrons. The largest absolute Gasteiger partial charge is 0.352 e. The SMILES string of the molecule is NS(=O)(=O)c1ccc(CCNC(=O)/C=C/c2cn(-c3ccccc3)nc2-c2cccnc2)cc1. The lowest BCUT2D eigenvalue weighted by atomic mass is 10.1. The Morgan fingerprint density at radius 1 is 1.03 bits per heavy atom. The van der Waals surface area contributed by atoms with E-state index in [0.29, 0.717) is 13.0 Å². The minimum absolute atomic E-state index is 0.0590. The first-order valence-electron chi connectivity index (χ1n) is 10.5. The Morgan fingerprint density at radius 2 is 1.79 bits per heavy atom. The van der Waals surface area contributed by atoms with Crippen molar-refractivity contribution in [3.05, 3.63) is 103 Å². The van der Waals surface area contributed by atoms with Crippen LogP contribution in [0.3, 0.4) is 0 Å². The molecule has 0 aliphatic heterocycles. The van der Waals surface area contributed by atoms with Crippen LogP contribution >= 0.6 is 0 Å². The summed E-state index contributed by atoms with van der Waals surface area (Å²) < 4.78 is 24.4. The molecule has 0 aliphatic rings. The number of amides is 1. The van der Waals surface area contributed by atoms with Crippen LogP contribution in [-0.2, 0) is 21.2 Å². The molecule has 0 spiro atoms. The van der Waals surface area contributed by atoms with E-state index in [0.717, 1.165) is 28.1 Å². The van der Waals surface area contributed by atoms with E-state index in [9.17, 15) is 13.2 Å². The highest BCUT2D eigenvalue weighted by atomic mass is 32.2. The van der Waals surface area contributed by atoms with Crippen LogP contribution in [0.15, 0.2) is 96.3 Å².